The summed E-state index contributed by atoms with van der Waals surface area (Å²) < 4.78 is 27.5. The molecule has 0 radical (unpaired) electrons. The van der Waals surface area contributed by atoms with E-state index in [4.69, 9.17) is 0 Å². The first kappa shape index (κ1) is 21.2. The van der Waals surface area contributed by atoms with Gasteiger partial charge >= 0.3 is 0 Å². The second-order valence-corrected chi connectivity index (χ2v) is 9.59. The number of nitrogens with zero attached hydrogens (tertiary/aromatic N) is 6. The van der Waals surface area contributed by atoms with E-state index in [1.807, 2.05) is 36.0 Å². The molecule has 1 aromatic carbocycles. The SMILES string of the molecule is CN(C)c1ccc(N2CCN(S(=O)(=O)c3ccc(N4C(=O)CCC4=O)cc3)CC2)nn1. The molecule has 4 rings (SSSR count). The van der Waals surface area contributed by atoms with Crippen LogP contribution in [-0.2, 0) is 19.6 Å². The number of aromatic nitrogens is 2. The monoisotopic (exact) mass is 444 g/mol. The lowest BCUT2D eigenvalue weighted by atomic mass is 10.3. The van der Waals surface area contributed by atoms with Crippen molar-refractivity contribution in [2.75, 3.05) is 55.0 Å². The van der Waals surface area contributed by atoms with E-state index in [0.29, 0.717) is 37.7 Å². The topological polar surface area (TPSA) is 107 Å². The highest BCUT2D eigenvalue weighted by molar-refractivity contribution is 7.89. The summed E-state index contributed by atoms with van der Waals surface area (Å²) in [4.78, 5) is 28.9. The third kappa shape index (κ3) is 4.10. The Hall–Kier alpha value is -3.05. The summed E-state index contributed by atoms with van der Waals surface area (Å²) in [5.74, 6) is 0.939. The van der Waals surface area contributed by atoms with Crippen molar-refractivity contribution in [3.63, 3.8) is 0 Å². The van der Waals surface area contributed by atoms with E-state index in [1.54, 1.807) is 0 Å². The lowest BCUT2D eigenvalue weighted by Gasteiger charge is -2.34. The van der Waals surface area contributed by atoms with Gasteiger partial charge in [0.25, 0.3) is 0 Å². The predicted octanol–water partition coefficient (Wildman–Crippen LogP) is 0.707. The van der Waals surface area contributed by atoms with Gasteiger partial charge in [-0.25, -0.2) is 8.42 Å². The average molecular weight is 445 g/mol. The Labute approximate surface area is 181 Å². The summed E-state index contributed by atoms with van der Waals surface area (Å²) in [6.45, 7) is 1.66. The number of benzene rings is 1. The molecule has 0 atom stereocenters. The molecule has 2 saturated heterocycles. The van der Waals surface area contributed by atoms with E-state index >= 15 is 0 Å². The first-order valence-corrected chi connectivity index (χ1v) is 11.4. The van der Waals surface area contributed by atoms with Gasteiger partial charge in [0.1, 0.15) is 0 Å². The van der Waals surface area contributed by atoms with Crippen LogP contribution in [0.25, 0.3) is 0 Å². The van der Waals surface area contributed by atoms with E-state index in [2.05, 4.69) is 10.2 Å². The lowest BCUT2D eigenvalue weighted by molar-refractivity contribution is -0.121. The van der Waals surface area contributed by atoms with Crippen molar-refractivity contribution in [1.82, 2.24) is 14.5 Å². The van der Waals surface area contributed by atoms with Crippen LogP contribution in [-0.4, -0.2) is 75.0 Å². The summed E-state index contributed by atoms with van der Waals surface area (Å²) in [5.41, 5.74) is 0.399. The summed E-state index contributed by atoms with van der Waals surface area (Å²) >= 11 is 0. The van der Waals surface area contributed by atoms with Gasteiger partial charge < -0.3 is 9.80 Å². The fraction of sp³-hybridized carbons (Fsp3) is 0.400. The van der Waals surface area contributed by atoms with Crippen molar-refractivity contribution in [1.29, 1.82) is 0 Å². The van der Waals surface area contributed by atoms with Crippen molar-refractivity contribution in [3.05, 3.63) is 36.4 Å². The minimum absolute atomic E-state index is 0.138. The van der Waals surface area contributed by atoms with E-state index in [-0.39, 0.29) is 29.6 Å². The molecule has 2 aromatic rings. The molecule has 1 aromatic heterocycles. The Kier molecular flexibility index (Phi) is 5.63. The zero-order valence-corrected chi connectivity index (χ0v) is 18.2. The molecule has 0 unspecified atom stereocenters. The smallest absolute Gasteiger partial charge is 0.243 e. The maximum Gasteiger partial charge on any atom is 0.243 e. The number of carbonyl (C=O) groups excluding carboxylic acids is 2. The molecule has 2 aliphatic rings. The first-order valence-electron chi connectivity index (χ1n) is 9.99. The number of rotatable bonds is 5. The van der Waals surface area contributed by atoms with Crippen molar-refractivity contribution < 1.29 is 18.0 Å². The van der Waals surface area contributed by atoms with Gasteiger partial charge in [-0.1, -0.05) is 0 Å². The quantitative estimate of drug-likeness (QED) is 0.621. The number of amides is 2. The summed E-state index contributed by atoms with van der Waals surface area (Å²) in [5, 5.41) is 8.41. The Morgan fingerprint density at radius 1 is 0.839 bits per heavy atom. The number of sulfonamides is 1. The maximum absolute atomic E-state index is 13.0. The Balaban J connectivity index is 1.43. The molecular formula is C20H24N6O4S. The van der Waals surface area contributed by atoms with Gasteiger partial charge in [-0.05, 0) is 36.4 Å². The standard InChI is InChI=1S/C20H24N6O4S/c1-23(2)17-7-8-18(22-21-17)24-11-13-25(14-12-24)31(29,30)16-5-3-15(4-6-16)26-19(27)9-10-20(26)28/h3-8H,9-14H2,1-2H3. The van der Waals surface area contributed by atoms with Gasteiger partial charge in [0.05, 0.1) is 10.6 Å². The number of hydrogen-bond donors (Lipinski definition) is 0. The highest BCUT2D eigenvalue weighted by Gasteiger charge is 2.32. The molecule has 2 aliphatic heterocycles. The molecule has 3 heterocycles. The number of anilines is 3. The van der Waals surface area contributed by atoms with E-state index in [9.17, 15) is 18.0 Å². The minimum atomic E-state index is -3.68. The molecule has 31 heavy (non-hydrogen) atoms. The fourth-order valence-corrected chi connectivity index (χ4v) is 5.09. The van der Waals surface area contributed by atoms with Crippen LogP contribution in [0, 0.1) is 0 Å². The Bertz CT molecular complexity index is 1060. The molecule has 0 aliphatic carbocycles. The van der Waals surface area contributed by atoms with Gasteiger partial charge in [-0.15, -0.1) is 10.2 Å². The fourth-order valence-electron chi connectivity index (χ4n) is 3.66. The van der Waals surface area contributed by atoms with Gasteiger partial charge in [-0.2, -0.15) is 4.31 Å². The molecule has 2 fully saturated rings. The average Bonchev–Trinajstić information content (AvgIpc) is 3.12. The summed E-state index contributed by atoms with van der Waals surface area (Å²) in [6, 6.07) is 9.66. The molecule has 0 spiro atoms. The van der Waals surface area contributed by atoms with Crippen molar-refractivity contribution >= 4 is 39.2 Å². The zero-order chi connectivity index (χ0) is 22.2. The molecular weight excluding hydrogens is 420 g/mol. The number of carbonyl (C=O) groups is 2. The molecule has 164 valence electrons. The summed E-state index contributed by atoms with van der Waals surface area (Å²) in [7, 11) is 0.102. The van der Waals surface area contributed by atoms with Crippen LogP contribution in [0.4, 0.5) is 17.3 Å². The second-order valence-electron chi connectivity index (χ2n) is 7.65. The highest BCUT2D eigenvalue weighted by atomic mass is 32.2. The minimum Gasteiger partial charge on any atom is -0.361 e. The molecule has 0 N–H and O–H groups in total. The van der Waals surface area contributed by atoms with Crippen LogP contribution in [0.5, 0.6) is 0 Å². The molecule has 11 heteroatoms. The number of hydrogen-bond acceptors (Lipinski definition) is 8. The Morgan fingerprint density at radius 3 is 1.97 bits per heavy atom. The van der Waals surface area contributed by atoms with Gasteiger partial charge in [0.15, 0.2) is 11.6 Å². The van der Waals surface area contributed by atoms with Crippen molar-refractivity contribution in [3.8, 4) is 0 Å². The van der Waals surface area contributed by atoms with Crippen LogP contribution >= 0.6 is 0 Å². The van der Waals surface area contributed by atoms with Gasteiger partial charge in [-0.3, -0.25) is 14.5 Å². The first-order chi connectivity index (χ1) is 14.8. The maximum atomic E-state index is 13.0. The zero-order valence-electron chi connectivity index (χ0n) is 17.4. The van der Waals surface area contributed by atoms with Crippen LogP contribution in [0.15, 0.2) is 41.3 Å². The largest absolute Gasteiger partial charge is 0.361 e. The Morgan fingerprint density at radius 2 is 1.45 bits per heavy atom. The van der Waals surface area contributed by atoms with Crippen LogP contribution in [0.2, 0.25) is 0 Å². The molecule has 2 amide bonds. The van der Waals surface area contributed by atoms with Gasteiger partial charge in [0, 0.05) is 53.1 Å². The lowest BCUT2D eigenvalue weighted by Crippen LogP contribution is -2.49. The van der Waals surface area contributed by atoms with Gasteiger partial charge in [0.2, 0.25) is 21.8 Å². The van der Waals surface area contributed by atoms with E-state index in [0.717, 1.165) is 10.7 Å². The summed E-state index contributed by atoms with van der Waals surface area (Å²) in [6.07, 6.45) is 0.372. The normalized spacial score (nSPS) is 18.0. The van der Waals surface area contributed by atoms with Crippen molar-refractivity contribution in [2.45, 2.75) is 17.7 Å². The molecule has 10 nitrogen and oxygen atoms in total. The van der Waals surface area contributed by atoms with Crippen LogP contribution in [0.3, 0.4) is 0 Å². The van der Waals surface area contributed by atoms with Crippen molar-refractivity contribution in [2.24, 2.45) is 0 Å². The van der Waals surface area contributed by atoms with E-state index in [1.165, 1.54) is 28.6 Å². The highest BCUT2D eigenvalue weighted by Crippen LogP contribution is 2.26. The number of imide groups is 1. The van der Waals surface area contributed by atoms with E-state index < -0.39 is 10.0 Å². The third-order valence-electron chi connectivity index (χ3n) is 5.44. The second kappa shape index (κ2) is 8.23. The van der Waals surface area contributed by atoms with Crippen LogP contribution in [0.1, 0.15) is 12.8 Å². The molecule has 0 bridgehead atoms. The number of piperazine rings is 1. The third-order valence-corrected chi connectivity index (χ3v) is 7.35. The van der Waals surface area contributed by atoms with Crippen LogP contribution < -0.4 is 14.7 Å². The molecule has 0 saturated carbocycles. The predicted molar refractivity (Wildman–Crippen MR) is 115 cm³/mol.